The quantitative estimate of drug-likeness (QED) is 0.191. The van der Waals surface area contributed by atoms with Crippen molar-refractivity contribution in [3.05, 3.63) is 102 Å². The average Bonchev–Trinajstić information content (AvgIpc) is 2.92. The number of rotatable bonds is 11. The number of thioether (sulfide) groups is 1. The summed E-state index contributed by atoms with van der Waals surface area (Å²) in [6.07, 6.45) is 1.20. The van der Waals surface area contributed by atoms with Crippen molar-refractivity contribution < 1.29 is 13.2 Å². The van der Waals surface area contributed by atoms with Crippen LogP contribution in [0, 0.1) is 6.92 Å². The van der Waals surface area contributed by atoms with Gasteiger partial charge in [0.15, 0.2) is 0 Å². The Morgan fingerprint density at radius 3 is 2.24 bits per heavy atom. The summed E-state index contributed by atoms with van der Waals surface area (Å²) in [5.74, 6) is 0.463. The number of hydrogen-bond donors (Lipinski definition) is 2. The zero-order valence-electron chi connectivity index (χ0n) is 21.3. The molecule has 0 saturated carbocycles. The first-order valence-corrected chi connectivity index (χ1v) is 14.7. The van der Waals surface area contributed by atoms with Crippen LogP contribution in [-0.4, -0.2) is 36.1 Å². The van der Waals surface area contributed by atoms with Crippen LogP contribution in [0.3, 0.4) is 0 Å². The molecular formula is C29H30N4O3S2. The van der Waals surface area contributed by atoms with Gasteiger partial charge in [0.05, 0.1) is 15.8 Å². The van der Waals surface area contributed by atoms with Crippen molar-refractivity contribution in [1.82, 2.24) is 14.7 Å². The van der Waals surface area contributed by atoms with Crippen LogP contribution in [0.1, 0.15) is 24.7 Å². The normalized spacial score (nSPS) is 12.2. The van der Waals surface area contributed by atoms with Gasteiger partial charge in [-0.3, -0.25) is 4.79 Å². The van der Waals surface area contributed by atoms with Gasteiger partial charge in [0.25, 0.3) is 0 Å². The summed E-state index contributed by atoms with van der Waals surface area (Å²) in [5.41, 5.74) is 3.39. The third kappa shape index (κ3) is 7.50. The maximum Gasteiger partial charge on any atom is 0.240 e. The zero-order valence-corrected chi connectivity index (χ0v) is 22.9. The number of aromatic nitrogens is 2. The molecule has 1 atom stereocenters. The van der Waals surface area contributed by atoms with E-state index in [0.29, 0.717) is 30.9 Å². The molecule has 0 spiro atoms. The fourth-order valence-electron chi connectivity index (χ4n) is 3.82. The van der Waals surface area contributed by atoms with Crippen LogP contribution in [0.15, 0.2) is 101 Å². The van der Waals surface area contributed by atoms with Crippen LogP contribution in [0.5, 0.6) is 0 Å². The van der Waals surface area contributed by atoms with Gasteiger partial charge in [-0.15, -0.1) is 0 Å². The Labute approximate surface area is 228 Å². The summed E-state index contributed by atoms with van der Waals surface area (Å²) in [7, 11) is -3.65. The van der Waals surface area contributed by atoms with Gasteiger partial charge in [0.1, 0.15) is 10.9 Å². The lowest BCUT2D eigenvalue weighted by Gasteiger charge is -2.15. The first-order valence-electron chi connectivity index (χ1n) is 12.4. The number of carbonyl (C=O) groups is 1. The SMILES string of the molecule is CCC(Sc1cc(-c2ccccc2)nc(C)n1)C(=O)Nc1ccc(S(=O)(=O)NCCc2ccccc2)cc1. The minimum atomic E-state index is -3.65. The molecule has 196 valence electrons. The Morgan fingerprint density at radius 1 is 0.921 bits per heavy atom. The molecule has 0 aliphatic carbocycles. The summed E-state index contributed by atoms with van der Waals surface area (Å²) in [5, 5.41) is 3.24. The second-order valence-corrected chi connectivity index (χ2v) is 11.7. The van der Waals surface area contributed by atoms with E-state index in [1.165, 1.54) is 23.9 Å². The number of aryl methyl sites for hydroxylation is 1. The Bertz CT molecular complexity index is 1460. The molecule has 0 bridgehead atoms. The van der Waals surface area contributed by atoms with Crippen LogP contribution < -0.4 is 10.0 Å². The fourth-order valence-corrected chi connectivity index (χ4v) is 5.84. The van der Waals surface area contributed by atoms with Gasteiger partial charge in [-0.05, 0) is 55.7 Å². The lowest BCUT2D eigenvalue weighted by molar-refractivity contribution is -0.115. The zero-order chi connectivity index (χ0) is 27.0. The van der Waals surface area contributed by atoms with Gasteiger partial charge in [0, 0.05) is 17.8 Å². The summed E-state index contributed by atoms with van der Waals surface area (Å²) in [6, 6.07) is 27.6. The molecule has 38 heavy (non-hydrogen) atoms. The molecule has 3 aromatic carbocycles. The fraction of sp³-hybridized carbons (Fsp3) is 0.207. The molecule has 1 heterocycles. The predicted octanol–water partition coefficient (Wildman–Crippen LogP) is 5.48. The number of benzene rings is 3. The van der Waals surface area contributed by atoms with E-state index in [4.69, 9.17) is 0 Å². The second kappa shape index (κ2) is 12.8. The number of anilines is 1. The maximum atomic E-state index is 13.0. The van der Waals surface area contributed by atoms with E-state index in [1.807, 2.05) is 80.6 Å². The van der Waals surface area contributed by atoms with E-state index in [9.17, 15) is 13.2 Å². The maximum absolute atomic E-state index is 13.0. The Hall–Kier alpha value is -3.53. The standard InChI is InChI=1S/C29H30N4O3S2/c1-3-27(37-28-20-26(31-21(2)32-28)23-12-8-5-9-13-23)29(34)33-24-14-16-25(17-15-24)38(35,36)30-19-18-22-10-6-4-7-11-22/h4-17,20,27,30H,3,18-19H2,1-2H3,(H,33,34). The molecule has 0 saturated heterocycles. The smallest absolute Gasteiger partial charge is 0.240 e. The van der Waals surface area contributed by atoms with Crippen LogP contribution in [-0.2, 0) is 21.2 Å². The minimum absolute atomic E-state index is 0.148. The number of nitrogens with one attached hydrogen (secondary N) is 2. The van der Waals surface area contributed by atoms with E-state index in [2.05, 4.69) is 20.0 Å². The van der Waals surface area contributed by atoms with Crippen LogP contribution in [0.25, 0.3) is 11.3 Å². The third-order valence-corrected chi connectivity index (χ3v) is 8.55. The van der Waals surface area contributed by atoms with Gasteiger partial charge in [-0.25, -0.2) is 23.1 Å². The minimum Gasteiger partial charge on any atom is -0.325 e. The highest BCUT2D eigenvalue weighted by atomic mass is 32.2. The third-order valence-electron chi connectivity index (χ3n) is 5.79. The number of amides is 1. The molecule has 1 amide bonds. The molecule has 4 aromatic rings. The van der Waals surface area contributed by atoms with Crippen molar-refractivity contribution in [2.75, 3.05) is 11.9 Å². The van der Waals surface area contributed by atoms with E-state index in [0.717, 1.165) is 21.8 Å². The Morgan fingerprint density at radius 2 is 1.58 bits per heavy atom. The van der Waals surface area contributed by atoms with Crippen LogP contribution >= 0.6 is 11.8 Å². The average molecular weight is 547 g/mol. The molecule has 1 aromatic heterocycles. The monoisotopic (exact) mass is 546 g/mol. The van der Waals surface area contributed by atoms with Crippen molar-refractivity contribution in [3.63, 3.8) is 0 Å². The molecular weight excluding hydrogens is 516 g/mol. The molecule has 9 heteroatoms. The van der Waals surface area contributed by atoms with Crippen LogP contribution in [0.2, 0.25) is 0 Å². The lowest BCUT2D eigenvalue weighted by Crippen LogP contribution is -2.26. The van der Waals surface area contributed by atoms with E-state index < -0.39 is 10.0 Å². The number of sulfonamides is 1. The molecule has 4 rings (SSSR count). The highest BCUT2D eigenvalue weighted by Crippen LogP contribution is 2.28. The van der Waals surface area contributed by atoms with E-state index in [1.54, 1.807) is 12.1 Å². The summed E-state index contributed by atoms with van der Waals surface area (Å²) in [4.78, 5) is 22.2. The Kier molecular flexibility index (Phi) is 9.28. The largest absolute Gasteiger partial charge is 0.325 e. The van der Waals surface area contributed by atoms with Crippen LogP contribution in [0.4, 0.5) is 5.69 Å². The van der Waals surface area contributed by atoms with Crippen molar-refractivity contribution in [3.8, 4) is 11.3 Å². The first-order chi connectivity index (χ1) is 18.3. The highest BCUT2D eigenvalue weighted by molar-refractivity contribution is 8.00. The molecule has 7 nitrogen and oxygen atoms in total. The van der Waals surface area contributed by atoms with Gasteiger partial charge in [0.2, 0.25) is 15.9 Å². The van der Waals surface area contributed by atoms with E-state index in [-0.39, 0.29) is 16.1 Å². The second-order valence-electron chi connectivity index (χ2n) is 8.67. The molecule has 0 aliphatic rings. The molecule has 0 radical (unpaired) electrons. The summed E-state index contributed by atoms with van der Waals surface area (Å²) in [6.45, 7) is 4.08. The van der Waals surface area contributed by atoms with Gasteiger partial charge in [-0.1, -0.05) is 79.3 Å². The van der Waals surface area contributed by atoms with Gasteiger partial charge < -0.3 is 5.32 Å². The van der Waals surface area contributed by atoms with Crippen molar-refractivity contribution in [1.29, 1.82) is 0 Å². The summed E-state index contributed by atoms with van der Waals surface area (Å²) < 4.78 is 27.9. The summed E-state index contributed by atoms with van der Waals surface area (Å²) >= 11 is 1.38. The molecule has 0 fully saturated rings. The predicted molar refractivity (Wildman–Crippen MR) is 153 cm³/mol. The Balaban J connectivity index is 1.37. The number of nitrogens with zero attached hydrogens (tertiary/aromatic N) is 2. The highest BCUT2D eigenvalue weighted by Gasteiger charge is 2.20. The van der Waals surface area contributed by atoms with Crippen molar-refractivity contribution >= 4 is 33.4 Å². The molecule has 1 unspecified atom stereocenters. The molecule has 0 aliphatic heterocycles. The number of carbonyl (C=O) groups excluding carboxylic acids is 1. The van der Waals surface area contributed by atoms with Crippen molar-refractivity contribution in [2.24, 2.45) is 0 Å². The van der Waals surface area contributed by atoms with Gasteiger partial charge in [-0.2, -0.15) is 0 Å². The lowest BCUT2D eigenvalue weighted by atomic mass is 10.1. The number of hydrogen-bond acceptors (Lipinski definition) is 6. The van der Waals surface area contributed by atoms with Crippen molar-refractivity contribution in [2.45, 2.75) is 41.9 Å². The topological polar surface area (TPSA) is 101 Å². The first kappa shape index (κ1) is 27.5. The van der Waals surface area contributed by atoms with Gasteiger partial charge >= 0.3 is 0 Å². The van der Waals surface area contributed by atoms with E-state index >= 15 is 0 Å². The molecule has 2 N–H and O–H groups in total.